The second-order valence-electron chi connectivity index (χ2n) is 3.30. The van der Waals surface area contributed by atoms with Crippen LogP contribution in [-0.2, 0) is 6.42 Å². The second kappa shape index (κ2) is 5.56. The summed E-state index contributed by atoms with van der Waals surface area (Å²) in [7, 11) is 2.78. The summed E-state index contributed by atoms with van der Waals surface area (Å²) in [5, 5.41) is 1.33. The van der Waals surface area contributed by atoms with Crippen LogP contribution in [0.1, 0.15) is 19.4 Å². The molecule has 12 heavy (non-hydrogen) atoms. The molecule has 1 aromatic rings. The van der Waals surface area contributed by atoms with Gasteiger partial charge in [-0.05, 0) is 23.2 Å². The third kappa shape index (κ3) is 3.56. The fraction of sp³-hybridized carbons (Fsp3) is 0.400. The fourth-order valence-electron chi connectivity index (χ4n) is 1.16. The van der Waals surface area contributed by atoms with Crippen LogP contribution in [0.2, 0.25) is 0 Å². The molecule has 0 saturated carbocycles. The molecule has 0 amide bonds. The quantitative estimate of drug-likeness (QED) is 0.647. The van der Waals surface area contributed by atoms with Crippen molar-refractivity contribution in [2.24, 2.45) is 5.92 Å². The molecular formula is C10H16ClP. The maximum Gasteiger partial charge on any atom is -0.0250 e. The predicted molar refractivity (Wildman–Crippen MR) is 61.6 cm³/mol. The topological polar surface area (TPSA) is 0 Å². The average Bonchev–Trinajstić information content (AvgIpc) is 1.93. The minimum Gasteiger partial charge on any atom is -0.147 e. The van der Waals surface area contributed by atoms with Crippen LogP contribution < -0.4 is 5.30 Å². The first kappa shape index (κ1) is 11.9. The van der Waals surface area contributed by atoms with E-state index < -0.39 is 0 Å². The Hall–Kier alpha value is -0.0600. The van der Waals surface area contributed by atoms with Crippen molar-refractivity contribution in [3.05, 3.63) is 29.8 Å². The highest BCUT2D eigenvalue weighted by molar-refractivity contribution is 7.27. The maximum atomic E-state index is 2.78. The van der Waals surface area contributed by atoms with Crippen molar-refractivity contribution < 1.29 is 0 Å². The van der Waals surface area contributed by atoms with Gasteiger partial charge in [0.15, 0.2) is 0 Å². The van der Waals surface area contributed by atoms with E-state index in [2.05, 4.69) is 47.4 Å². The van der Waals surface area contributed by atoms with Gasteiger partial charge in [0.05, 0.1) is 0 Å². The molecule has 0 aliphatic heterocycles. The molecule has 0 bridgehead atoms. The van der Waals surface area contributed by atoms with Gasteiger partial charge in [0.2, 0.25) is 0 Å². The van der Waals surface area contributed by atoms with Crippen molar-refractivity contribution >= 4 is 27.0 Å². The monoisotopic (exact) mass is 202 g/mol. The van der Waals surface area contributed by atoms with Gasteiger partial charge in [0, 0.05) is 0 Å². The molecule has 0 radical (unpaired) electrons. The number of hydrogen-bond acceptors (Lipinski definition) is 0. The zero-order valence-corrected chi connectivity index (χ0v) is 9.55. The van der Waals surface area contributed by atoms with Crippen molar-refractivity contribution in [1.82, 2.24) is 0 Å². The molecule has 68 valence electrons. The smallest absolute Gasteiger partial charge is 0.0250 e. The summed E-state index contributed by atoms with van der Waals surface area (Å²) in [4.78, 5) is 0. The SMILES string of the molecule is CC(C)Cc1ccccc1P.Cl. The van der Waals surface area contributed by atoms with E-state index in [0.29, 0.717) is 0 Å². The van der Waals surface area contributed by atoms with E-state index in [4.69, 9.17) is 0 Å². The van der Waals surface area contributed by atoms with E-state index in [9.17, 15) is 0 Å². The van der Waals surface area contributed by atoms with E-state index in [-0.39, 0.29) is 12.4 Å². The summed E-state index contributed by atoms with van der Waals surface area (Å²) in [5.74, 6) is 0.747. The van der Waals surface area contributed by atoms with Gasteiger partial charge in [-0.15, -0.1) is 21.6 Å². The Morgan fingerprint density at radius 1 is 1.25 bits per heavy atom. The van der Waals surface area contributed by atoms with Crippen LogP contribution in [0, 0.1) is 5.92 Å². The van der Waals surface area contributed by atoms with Gasteiger partial charge in [0.1, 0.15) is 0 Å². The molecule has 1 rings (SSSR count). The molecule has 1 atom stereocenters. The van der Waals surface area contributed by atoms with Crippen LogP contribution in [0.3, 0.4) is 0 Å². The standard InChI is InChI=1S/C10H15P.ClH/c1-8(2)7-9-5-3-4-6-10(9)11;/h3-6,8H,7,11H2,1-2H3;1H. The lowest BCUT2D eigenvalue weighted by atomic mass is 10.0. The van der Waals surface area contributed by atoms with Crippen LogP contribution >= 0.6 is 21.6 Å². The van der Waals surface area contributed by atoms with E-state index in [1.165, 1.54) is 17.3 Å². The molecule has 1 aromatic carbocycles. The third-order valence-corrected chi connectivity index (χ3v) is 2.25. The number of halogens is 1. The first-order chi connectivity index (χ1) is 5.20. The van der Waals surface area contributed by atoms with Gasteiger partial charge >= 0.3 is 0 Å². The van der Waals surface area contributed by atoms with Gasteiger partial charge < -0.3 is 0 Å². The van der Waals surface area contributed by atoms with E-state index >= 15 is 0 Å². The fourth-order valence-corrected chi connectivity index (χ4v) is 1.49. The first-order valence-electron chi connectivity index (χ1n) is 4.03. The molecule has 0 aliphatic rings. The van der Waals surface area contributed by atoms with Crippen molar-refractivity contribution in [3.63, 3.8) is 0 Å². The van der Waals surface area contributed by atoms with Crippen molar-refractivity contribution in [3.8, 4) is 0 Å². The van der Waals surface area contributed by atoms with E-state index in [0.717, 1.165) is 5.92 Å². The van der Waals surface area contributed by atoms with Crippen molar-refractivity contribution in [1.29, 1.82) is 0 Å². The molecule has 0 saturated heterocycles. The van der Waals surface area contributed by atoms with Gasteiger partial charge in [-0.3, -0.25) is 0 Å². The van der Waals surface area contributed by atoms with Crippen LogP contribution in [0.5, 0.6) is 0 Å². The van der Waals surface area contributed by atoms with Gasteiger partial charge in [-0.1, -0.05) is 38.1 Å². The van der Waals surface area contributed by atoms with Crippen LogP contribution in [0.25, 0.3) is 0 Å². The lowest BCUT2D eigenvalue weighted by Gasteiger charge is -2.06. The maximum absolute atomic E-state index is 2.78. The van der Waals surface area contributed by atoms with Crippen LogP contribution in [0.15, 0.2) is 24.3 Å². The van der Waals surface area contributed by atoms with Crippen LogP contribution in [-0.4, -0.2) is 0 Å². The van der Waals surface area contributed by atoms with Crippen molar-refractivity contribution in [2.45, 2.75) is 20.3 Å². The van der Waals surface area contributed by atoms with Gasteiger partial charge in [0.25, 0.3) is 0 Å². The Kier molecular flexibility index (Phi) is 5.53. The Morgan fingerprint density at radius 3 is 2.33 bits per heavy atom. The summed E-state index contributed by atoms with van der Waals surface area (Å²) in [5.41, 5.74) is 1.45. The Bertz CT molecular complexity index is 233. The third-order valence-electron chi connectivity index (χ3n) is 1.68. The minimum absolute atomic E-state index is 0. The summed E-state index contributed by atoms with van der Waals surface area (Å²) in [6.45, 7) is 4.49. The normalized spacial score (nSPS) is 9.67. The average molecular weight is 203 g/mol. The number of benzene rings is 1. The molecule has 0 aromatic heterocycles. The number of rotatable bonds is 2. The largest absolute Gasteiger partial charge is 0.147 e. The Morgan fingerprint density at radius 2 is 1.83 bits per heavy atom. The van der Waals surface area contributed by atoms with E-state index in [1.807, 2.05) is 0 Å². The molecule has 0 fully saturated rings. The highest BCUT2D eigenvalue weighted by Crippen LogP contribution is 2.07. The molecule has 0 N–H and O–H groups in total. The lowest BCUT2D eigenvalue weighted by Crippen LogP contribution is -2.04. The summed E-state index contributed by atoms with van der Waals surface area (Å²) >= 11 is 0. The predicted octanol–water partition coefficient (Wildman–Crippen LogP) is 2.81. The summed E-state index contributed by atoms with van der Waals surface area (Å²) in [6, 6.07) is 8.52. The molecular weight excluding hydrogens is 187 g/mol. The number of hydrogen-bond donors (Lipinski definition) is 0. The van der Waals surface area contributed by atoms with Gasteiger partial charge in [-0.2, -0.15) is 0 Å². The zero-order chi connectivity index (χ0) is 8.27. The van der Waals surface area contributed by atoms with Crippen LogP contribution in [0.4, 0.5) is 0 Å². The van der Waals surface area contributed by atoms with Crippen molar-refractivity contribution in [2.75, 3.05) is 0 Å². The highest BCUT2D eigenvalue weighted by atomic mass is 35.5. The molecule has 0 spiro atoms. The zero-order valence-electron chi connectivity index (χ0n) is 7.58. The molecule has 0 heterocycles. The summed E-state index contributed by atoms with van der Waals surface area (Å²) in [6.07, 6.45) is 1.18. The highest BCUT2D eigenvalue weighted by Gasteiger charge is 1.99. The molecule has 0 aliphatic carbocycles. The molecule has 2 heteroatoms. The van der Waals surface area contributed by atoms with Gasteiger partial charge in [-0.25, -0.2) is 0 Å². The Labute approximate surface area is 83.4 Å². The molecule has 1 unspecified atom stereocenters. The summed E-state index contributed by atoms with van der Waals surface area (Å²) < 4.78 is 0. The molecule has 0 nitrogen and oxygen atoms in total. The Balaban J connectivity index is 0.00000121. The van der Waals surface area contributed by atoms with E-state index in [1.54, 1.807) is 0 Å². The minimum atomic E-state index is 0. The first-order valence-corrected chi connectivity index (χ1v) is 4.61. The lowest BCUT2D eigenvalue weighted by molar-refractivity contribution is 0.649. The second-order valence-corrected chi connectivity index (χ2v) is 3.92.